The average Bonchev–Trinajstić information content (AvgIpc) is 2.85. The number of nitrogens with two attached hydrogens (primary N) is 1. The van der Waals surface area contributed by atoms with E-state index in [9.17, 15) is 12.8 Å². The Hall–Kier alpha value is -1.93. The predicted molar refractivity (Wildman–Crippen MR) is 63.7 cm³/mol. The van der Waals surface area contributed by atoms with Crippen LogP contribution in [0.5, 0.6) is 0 Å². The normalized spacial score (nSPS) is 11.4. The number of hydrogen-bond donors (Lipinski definition) is 3. The number of halogens is 1. The van der Waals surface area contributed by atoms with Crippen LogP contribution in [0.3, 0.4) is 0 Å². The summed E-state index contributed by atoms with van der Waals surface area (Å²) in [5, 5.41) is 5.96. The van der Waals surface area contributed by atoms with Crippen molar-refractivity contribution >= 4 is 15.7 Å². The summed E-state index contributed by atoms with van der Waals surface area (Å²) < 4.78 is 39.1. The molecule has 0 aliphatic heterocycles. The van der Waals surface area contributed by atoms with Crippen LogP contribution < -0.4 is 10.5 Å². The zero-order chi connectivity index (χ0) is 13.2. The maximum absolute atomic E-state index is 13.0. The first-order chi connectivity index (χ1) is 8.53. The van der Waals surface area contributed by atoms with E-state index < -0.39 is 15.8 Å². The molecule has 0 unspecified atom stereocenters. The summed E-state index contributed by atoms with van der Waals surface area (Å²) in [6.07, 6.45) is 2.42. The second-order valence-electron chi connectivity index (χ2n) is 3.55. The van der Waals surface area contributed by atoms with Gasteiger partial charge in [-0.1, -0.05) is 0 Å². The molecule has 0 fully saturated rings. The van der Waals surface area contributed by atoms with Crippen LogP contribution in [0, 0.1) is 5.82 Å². The Morgan fingerprint density at radius 1 is 1.44 bits per heavy atom. The zero-order valence-corrected chi connectivity index (χ0v) is 10.0. The molecule has 2 rings (SSSR count). The maximum Gasteiger partial charge on any atom is 0.265 e. The number of H-pyrrole nitrogens is 1. The maximum atomic E-state index is 13.0. The molecule has 1 heterocycles. The van der Waals surface area contributed by atoms with E-state index >= 15 is 0 Å². The fourth-order valence-corrected chi connectivity index (χ4v) is 2.43. The van der Waals surface area contributed by atoms with Gasteiger partial charge in [-0.2, -0.15) is 5.10 Å². The third-order valence-electron chi connectivity index (χ3n) is 2.31. The van der Waals surface area contributed by atoms with Gasteiger partial charge in [-0.05, 0) is 23.8 Å². The number of hydrogen-bond acceptors (Lipinski definition) is 4. The number of rotatable bonds is 4. The molecule has 0 atom stereocenters. The summed E-state index contributed by atoms with van der Waals surface area (Å²) in [7, 11) is -3.74. The van der Waals surface area contributed by atoms with Gasteiger partial charge in [0.05, 0.1) is 11.9 Å². The lowest BCUT2D eigenvalue weighted by Crippen LogP contribution is -2.14. The molecule has 0 bridgehead atoms. The van der Waals surface area contributed by atoms with Crippen molar-refractivity contribution in [2.75, 3.05) is 4.72 Å². The fraction of sp³-hybridized carbons (Fsp3) is 0.100. The quantitative estimate of drug-likeness (QED) is 0.765. The van der Waals surface area contributed by atoms with E-state index in [4.69, 9.17) is 5.73 Å². The van der Waals surface area contributed by atoms with Crippen LogP contribution in [0.2, 0.25) is 0 Å². The highest BCUT2D eigenvalue weighted by molar-refractivity contribution is 7.92. The van der Waals surface area contributed by atoms with Crippen molar-refractivity contribution in [2.45, 2.75) is 11.4 Å². The first kappa shape index (κ1) is 12.5. The van der Waals surface area contributed by atoms with Crippen molar-refractivity contribution in [3.05, 3.63) is 42.0 Å². The molecule has 1 aromatic heterocycles. The van der Waals surface area contributed by atoms with Gasteiger partial charge in [0, 0.05) is 12.7 Å². The van der Waals surface area contributed by atoms with Crippen LogP contribution in [0.25, 0.3) is 0 Å². The third kappa shape index (κ3) is 2.49. The minimum Gasteiger partial charge on any atom is -0.326 e. The molecule has 0 radical (unpaired) electrons. The second-order valence-corrected chi connectivity index (χ2v) is 5.23. The number of aromatic amines is 1. The van der Waals surface area contributed by atoms with Gasteiger partial charge in [0.15, 0.2) is 0 Å². The first-order valence-electron chi connectivity index (χ1n) is 5.03. The van der Waals surface area contributed by atoms with E-state index in [-0.39, 0.29) is 17.1 Å². The number of nitrogens with zero attached hydrogens (tertiary/aromatic N) is 1. The Labute approximate surface area is 103 Å². The largest absolute Gasteiger partial charge is 0.326 e. The molecule has 8 heteroatoms. The van der Waals surface area contributed by atoms with Gasteiger partial charge in [0.2, 0.25) is 0 Å². The molecular weight excluding hydrogens is 259 g/mol. The molecule has 0 saturated heterocycles. The molecule has 0 amide bonds. The van der Waals surface area contributed by atoms with Crippen molar-refractivity contribution in [3.63, 3.8) is 0 Å². The van der Waals surface area contributed by atoms with Crippen molar-refractivity contribution < 1.29 is 12.8 Å². The summed E-state index contributed by atoms with van der Waals surface area (Å²) in [6, 6.07) is 3.68. The molecule has 0 aliphatic carbocycles. The lowest BCUT2D eigenvalue weighted by molar-refractivity contribution is 0.601. The Morgan fingerprint density at radius 2 is 2.22 bits per heavy atom. The Balaban J connectivity index is 2.35. The highest BCUT2D eigenvalue weighted by atomic mass is 32.2. The molecular formula is C10H11FN4O2S. The molecule has 96 valence electrons. The third-order valence-corrected chi connectivity index (χ3v) is 3.65. The zero-order valence-electron chi connectivity index (χ0n) is 9.22. The fourth-order valence-electron chi connectivity index (χ4n) is 1.42. The van der Waals surface area contributed by atoms with Gasteiger partial charge < -0.3 is 5.73 Å². The van der Waals surface area contributed by atoms with Crippen LogP contribution in [0.4, 0.5) is 10.1 Å². The van der Waals surface area contributed by atoms with E-state index in [1.54, 1.807) is 0 Å². The summed E-state index contributed by atoms with van der Waals surface area (Å²) >= 11 is 0. The molecule has 0 saturated carbocycles. The molecule has 0 spiro atoms. The summed E-state index contributed by atoms with van der Waals surface area (Å²) in [6.45, 7) is 0.0288. The number of benzene rings is 1. The molecule has 0 aliphatic rings. The summed E-state index contributed by atoms with van der Waals surface area (Å²) in [5.41, 5.74) is 6.06. The van der Waals surface area contributed by atoms with Gasteiger partial charge >= 0.3 is 0 Å². The van der Waals surface area contributed by atoms with Crippen molar-refractivity contribution in [1.82, 2.24) is 10.2 Å². The lowest BCUT2D eigenvalue weighted by atomic mass is 10.2. The number of anilines is 1. The van der Waals surface area contributed by atoms with E-state index in [2.05, 4.69) is 14.9 Å². The van der Waals surface area contributed by atoms with E-state index in [1.165, 1.54) is 24.5 Å². The van der Waals surface area contributed by atoms with Crippen LogP contribution in [0.1, 0.15) is 5.56 Å². The highest BCUT2D eigenvalue weighted by Gasteiger charge is 2.16. The minimum atomic E-state index is -3.74. The summed E-state index contributed by atoms with van der Waals surface area (Å²) in [4.78, 5) is -0.00482. The molecule has 1 aromatic carbocycles. The number of sulfonamides is 1. The van der Waals surface area contributed by atoms with Gasteiger partial charge in [-0.15, -0.1) is 0 Å². The second kappa shape index (κ2) is 4.75. The predicted octanol–water partition coefficient (Wildman–Crippen LogP) is 0.808. The van der Waals surface area contributed by atoms with Crippen LogP contribution >= 0.6 is 0 Å². The molecule has 6 nitrogen and oxygen atoms in total. The van der Waals surface area contributed by atoms with Crippen LogP contribution in [-0.2, 0) is 16.6 Å². The minimum absolute atomic E-state index is 0.00482. The Kier molecular flexibility index (Phi) is 3.30. The number of nitrogens with one attached hydrogen (secondary N) is 2. The topological polar surface area (TPSA) is 101 Å². The van der Waals surface area contributed by atoms with Gasteiger partial charge in [0.25, 0.3) is 10.0 Å². The van der Waals surface area contributed by atoms with E-state index in [0.717, 1.165) is 6.07 Å². The molecule has 4 N–H and O–H groups in total. The standard InChI is InChI=1S/C10H11FN4O2S/c11-8-1-2-10(7(3-8)4-12)15-18(16,17)9-5-13-14-6-9/h1-3,5-6,15H,4,12H2,(H,13,14). The molecule has 18 heavy (non-hydrogen) atoms. The Morgan fingerprint density at radius 3 is 2.83 bits per heavy atom. The monoisotopic (exact) mass is 270 g/mol. The van der Waals surface area contributed by atoms with E-state index in [1.807, 2.05) is 0 Å². The summed E-state index contributed by atoms with van der Waals surface area (Å²) in [5.74, 6) is -0.471. The Bertz CT molecular complexity index is 640. The van der Waals surface area contributed by atoms with Crippen molar-refractivity contribution in [1.29, 1.82) is 0 Å². The lowest BCUT2D eigenvalue weighted by Gasteiger charge is -2.10. The van der Waals surface area contributed by atoms with Crippen molar-refractivity contribution in [3.8, 4) is 0 Å². The van der Waals surface area contributed by atoms with Gasteiger partial charge in [-0.25, -0.2) is 12.8 Å². The first-order valence-corrected chi connectivity index (χ1v) is 6.51. The smallest absolute Gasteiger partial charge is 0.265 e. The van der Waals surface area contributed by atoms with Gasteiger partial charge in [0.1, 0.15) is 10.7 Å². The van der Waals surface area contributed by atoms with E-state index in [0.29, 0.717) is 5.56 Å². The van der Waals surface area contributed by atoms with Crippen LogP contribution in [-0.4, -0.2) is 18.6 Å². The van der Waals surface area contributed by atoms with Crippen LogP contribution in [0.15, 0.2) is 35.5 Å². The average molecular weight is 270 g/mol. The number of aromatic nitrogens is 2. The highest BCUT2D eigenvalue weighted by Crippen LogP contribution is 2.20. The SMILES string of the molecule is NCc1cc(F)ccc1NS(=O)(=O)c1cn[nH]c1. The molecule has 2 aromatic rings. The van der Waals surface area contributed by atoms with Gasteiger partial charge in [-0.3, -0.25) is 9.82 Å². The van der Waals surface area contributed by atoms with Crippen molar-refractivity contribution in [2.24, 2.45) is 5.73 Å².